The first kappa shape index (κ1) is 30.7. The molecule has 1 amide bonds. The third kappa shape index (κ3) is 6.61. The van der Waals surface area contributed by atoms with Crippen molar-refractivity contribution in [3.05, 3.63) is 118 Å². The predicted molar refractivity (Wildman–Crippen MR) is 172 cm³/mol. The molecule has 1 fully saturated rings. The molecule has 5 rings (SSSR count). The van der Waals surface area contributed by atoms with Crippen LogP contribution in [0.4, 0.5) is 0 Å². The van der Waals surface area contributed by atoms with Gasteiger partial charge in [-0.05, 0) is 81.6 Å². The van der Waals surface area contributed by atoms with E-state index in [9.17, 15) is 9.59 Å². The summed E-state index contributed by atoms with van der Waals surface area (Å²) in [6.07, 6.45) is 2.93. The number of ether oxygens (including phenoxy) is 1. The number of nitrogens with zero attached hydrogens (tertiary/aromatic N) is 2. The minimum atomic E-state index is -0.682. The predicted octanol–water partition coefficient (Wildman–Crippen LogP) is 6.55. The summed E-state index contributed by atoms with van der Waals surface area (Å²) >= 11 is 6.15. The van der Waals surface area contributed by atoms with E-state index in [4.69, 9.17) is 16.3 Å². The maximum absolute atomic E-state index is 13.6. The van der Waals surface area contributed by atoms with Crippen LogP contribution in [0, 0.1) is 5.92 Å². The van der Waals surface area contributed by atoms with Crippen molar-refractivity contribution in [3.8, 4) is 0 Å². The number of methoxy groups -OCH3 is 1. The molecule has 0 bridgehead atoms. The number of rotatable bonds is 9. The van der Waals surface area contributed by atoms with Gasteiger partial charge in [-0.2, -0.15) is 0 Å². The number of carbonyl (C=O) groups excluding carboxylic acids is 2. The largest absolute Gasteiger partial charge is 0.468 e. The number of nitrogens with one attached hydrogen (secondary N) is 1. The molecule has 2 atom stereocenters. The quantitative estimate of drug-likeness (QED) is 0.224. The highest BCUT2D eigenvalue weighted by Gasteiger charge is 2.41. The van der Waals surface area contributed by atoms with Crippen LogP contribution in [0.1, 0.15) is 55.7 Å². The molecule has 3 aromatic carbocycles. The summed E-state index contributed by atoms with van der Waals surface area (Å²) in [5.41, 5.74) is 5.34. The zero-order valence-corrected chi connectivity index (χ0v) is 25.9. The molecule has 2 unspecified atom stereocenters. The molecular weight excluding hydrogens is 558 g/mol. The molecule has 0 radical (unpaired) electrons. The molecule has 2 aliphatic rings. The van der Waals surface area contributed by atoms with Gasteiger partial charge in [-0.3, -0.25) is 14.6 Å². The average molecular weight is 598 g/mol. The Labute approximate surface area is 259 Å². The van der Waals surface area contributed by atoms with E-state index in [2.05, 4.69) is 75.9 Å². The average Bonchev–Trinajstić information content (AvgIpc) is 3.04. The SMILES string of the molecule is COC(=O)C1C(C)=NC(C)=C(C(=O)NCCCN2CCC(c3ccccc3)(c3ccccc3)CC2)C1c1ccc(Cl)cc1. The first-order chi connectivity index (χ1) is 20.8. The van der Waals surface area contributed by atoms with Crippen LogP contribution in [0.2, 0.25) is 5.02 Å². The summed E-state index contributed by atoms with van der Waals surface area (Å²) in [5.74, 6) is -1.80. The van der Waals surface area contributed by atoms with E-state index in [-0.39, 0.29) is 11.3 Å². The highest BCUT2D eigenvalue weighted by Crippen LogP contribution is 2.42. The van der Waals surface area contributed by atoms with Gasteiger partial charge in [-0.25, -0.2) is 0 Å². The Kier molecular flexibility index (Phi) is 9.79. The second-order valence-corrected chi connectivity index (χ2v) is 12.0. The van der Waals surface area contributed by atoms with Gasteiger partial charge in [0, 0.05) is 39.9 Å². The van der Waals surface area contributed by atoms with Gasteiger partial charge in [0.25, 0.3) is 0 Å². The fraction of sp³-hybridized carbons (Fsp3) is 0.361. The van der Waals surface area contributed by atoms with Crippen molar-refractivity contribution in [1.82, 2.24) is 10.2 Å². The van der Waals surface area contributed by atoms with E-state index in [0.29, 0.717) is 28.5 Å². The lowest BCUT2D eigenvalue weighted by Crippen LogP contribution is -2.44. The van der Waals surface area contributed by atoms with E-state index in [0.717, 1.165) is 44.5 Å². The van der Waals surface area contributed by atoms with Crippen LogP contribution in [0.25, 0.3) is 0 Å². The van der Waals surface area contributed by atoms with Gasteiger partial charge in [0.1, 0.15) is 5.92 Å². The smallest absolute Gasteiger partial charge is 0.315 e. The third-order valence-electron chi connectivity index (χ3n) is 9.06. The number of amides is 1. The van der Waals surface area contributed by atoms with Gasteiger partial charge >= 0.3 is 5.97 Å². The summed E-state index contributed by atoms with van der Waals surface area (Å²) in [4.78, 5) is 33.6. The Morgan fingerprint density at radius 1 is 0.930 bits per heavy atom. The number of esters is 1. The second-order valence-electron chi connectivity index (χ2n) is 11.5. The van der Waals surface area contributed by atoms with Gasteiger partial charge in [0.2, 0.25) is 5.91 Å². The molecule has 0 aromatic heterocycles. The zero-order chi connectivity index (χ0) is 30.4. The van der Waals surface area contributed by atoms with Crippen molar-refractivity contribution >= 4 is 29.2 Å². The Morgan fingerprint density at radius 3 is 2.07 bits per heavy atom. The maximum Gasteiger partial charge on any atom is 0.315 e. The molecule has 2 aliphatic heterocycles. The summed E-state index contributed by atoms with van der Waals surface area (Å²) in [5, 5.41) is 3.71. The van der Waals surface area contributed by atoms with E-state index >= 15 is 0 Å². The number of hydrogen-bond donors (Lipinski definition) is 1. The summed E-state index contributed by atoms with van der Waals surface area (Å²) in [7, 11) is 1.36. The number of hydrogen-bond acceptors (Lipinski definition) is 5. The molecule has 224 valence electrons. The highest BCUT2D eigenvalue weighted by atomic mass is 35.5. The number of piperidine rings is 1. The highest BCUT2D eigenvalue weighted by molar-refractivity contribution is 6.30. The molecule has 1 N–H and O–H groups in total. The molecular formula is C36H40ClN3O3. The molecule has 0 saturated carbocycles. The number of allylic oxidation sites excluding steroid dienone is 1. The minimum absolute atomic E-state index is 0.0176. The number of halogens is 1. The standard InChI is InChI=1S/C36H40ClN3O3/c1-25-31(33(27-15-17-30(37)18-16-27)32(26(2)39-25)35(42)43-3)34(41)38-21-10-22-40-23-19-36(20-24-40,28-11-6-4-7-12-28)29-13-8-5-9-14-29/h4-9,11-18,32-33H,10,19-24H2,1-3H3,(H,38,41). The maximum atomic E-state index is 13.6. The van der Waals surface area contributed by atoms with Crippen LogP contribution in [-0.2, 0) is 19.7 Å². The van der Waals surface area contributed by atoms with Crippen LogP contribution < -0.4 is 5.32 Å². The molecule has 1 saturated heterocycles. The third-order valence-corrected chi connectivity index (χ3v) is 9.31. The fourth-order valence-electron chi connectivity index (χ4n) is 6.81. The van der Waals surface area contributed by atoms with Crippen LogP contribution >= 0.6 is 11.6 Å². The van der Waals surface area contributed by atoms with Crippen LogP contribution in [-0.4, -0.2) is 55.8 Å². The molecule has 43 heavy (non-hydrogen) atoms. The topological polar surface area (TPSA) is 71.0 Å². The zero-order valence-electron chi connectivity index (χ0n) is 25.2. The lowest BCUT2D eigenvalue weighted by molar-refractivity contribution is -0.143. The summed E-state index contributed by atoms with van der Waals surface area (Å²) in [6, 6.07) is 29.0. The second kappa shape index (κ2) is 13.7. The number of carbonyl (C=O) groups is 2. The van der Waals surface area contributed by atoms with Crippen molar-refractivity contribution < 1.29 is 14.3 Å². The number of likely N-dealkylation sites (tertiary alicyclic amines) is 1. The summed E-state index contributed by atoms with van der Waals surface area (Å²) < 4.78 is 5.13. The normalized spacial score (nSPS) is 20.3. The fourth-order valence-corrected chi connectivity index (χ4v) is 6.94. The van der Waals surface area contributed by atoms with Gasteiger partial charge in [-0.15, -0.1) is 0 Å². The van der Waals surface area contributed by atoms with Gasteiger partial charge < -0.3 is 15.0 Å². The lowest BCUT2D eigenvalue weighted by atomic mass is 9.68. The molecule has 0 spiro atoms. The molecule has 2 heterocycles. The first-order valence-electron chi connectivity index (χ1n) is 15.0. The van der Waals surface area contributed by atoms with E-state index in [1.54, 1.807) is 12.1 Å². The van der Waals surface area contributed by atoms with Crippen molar-refractivity contribution in [2.45, 2.75) is 44.4 Å². The van der Waals surface area contributed by atoms with Crippen LogP contribution in [0.3, 0.4) is 0 Å². The van der Waals surface area contributed by atoms with E-state index < -0.39 is 17.8 Å². The van der Waals surface area contributed by atoms with Crippen LogP contribution in [0.15, 0.2) is 101 Å². The first-order valence-corrected chi connectivity index (χ1v) is 15.4. The van der Waals surface area contributed by atoms with Crippen molar-refractivity contribution in [2.75, 3.05) is 33.3 Å². The Bertz CT molecular complexity index is 1440. The van der Waals surface area contributed by atoms with Gasteiger partial charge in [0.05, 0.1) is 7.11 Å². The van der Waals surface area contributed by atoms with Gasteiger partial charge in [-0.1, -0.05) is 84.4 Å². The summed E-state index contributed by atoms with van der Waals surface area (Å²) in [6.45, 7) is 7.07. The molecule has 7 heteroatoms. The van der Waals surface area contributed by atoms with Crippen molar-refractivity contribution in [2.24, 2.45) is 10.9 Å². The lowest BCUT2D eigenvalue weighted by Gasteiger charge is -2.43. The monoisotopic (exact) mass is 597 g/mol. The van der Waals surface area contributed by atoms with Crippen molar-refractivity contribution in [3.63, 3.8) is 0 Å². The van der Waals surface area contributed by atoms with Crippen molar-refractivity contribution in [1.29, 1.82) is 0 Å². The Hall–Kier alpha value is -3.74. The van der Waals surface area contributed by atoms with E-state index in [1.165, 1.54) is 18.2 Å². The number of benzene rings is 3. The number of aliphatic imine (C=N–C) groups is 1. The van der Waals surface area contributed by atoms with Gasteiger partial charge in [0.15, 0.2) is 0 Å². The Morgan fingerprint density at radius 2 is 1.51 bits per heavy atom. The minimum Gasteiger partial charge on any atom is -0.468 e. The van der Waals surface area contributed by atoms with Crippen LogP contribution in [0.5, 0.6) is 0 Å². The molecule has 3 aromatic rings. The molecule has 0 aliphatic carbocycles. The molecule has 6 nitrogen and oxygen atoms in total. The Balaban J connectivity index is 1.23. The van der Waals surface area contributed by atoms with E-state index in [1.807, 2.05) is 26.0 Å².